The van der Waals surface area contributed by atoms with Gasteiger partial charge in [-0.25, -0.2) is 0 Å². The zero-order chi connectivity index (χ0) is 12.1. The fourth-order valence-corrected chi connectivity index (χ4v) is 6.17. The van der Waals surface area contributed by atoms with Gasteiger partial charge in [0.05, 0.1) is 5.60 Å². The van der Waals surface area contributed by atoms with Crippen LogP contribution in [0.4, 0.5) is 0 Å². The van der Waals surface area contributed by atoms with Crippen LogP contribution in [0.3, 0.4) is 0 Å². The minimum absolute atomic E-state index is 0.184. The molecule has 0 spiro atoms. The SMILES string of the molecule is CCC(CC)(OC)C12CC3CC(CC(C3)C1)C2. The maximum atomic E-state index is 6.12. The second kappa shape index (κ2) is 3.98. The molecule has 98 valence electrons. The van der Waals surface area contributed by atoms with Crippen LogP contribution in [0.25, 0.3) is 0 Å². The summed E-state index contributed by atoms with van der Waals surface area (Å²) in [6, 6.07) is 0. The molecule has 0 aromatic rings. The van der Waals surface area contributed by atoms with Crippen LogP contribution in [0.2, 0.25) is 0 Å². The first kappa shape index (κ1) is 12.0. The Labute approximate surface area is 106 Å². The van der Waals surface area contributed by atoms with Crippen LogP contribution in [-0.4, -0.2) is 12.7 Å². The molecule has 0 aromatic heterocycles. The average Bonchev–Trinajstić information content (AvgIpc) is 2.29. The molecule has 0 atom stereocenters. The Morgan fingerprint density at radius 1 is 0.941 bits per heavy atom. The summed E-state index contributed by atoms with van der Waals surface area (Å²) in [4.78, 5) is 0. The Morgan fingerprint density at radius 3 is 1.65 bits per heavy atom. The summed E-state index contributed by atoms with van der Waals surface area (Å²) in [5.41, 5.74) is 0.725. The quantitative estimate of drug-likeness (QED) is 0.702. The van der Waals surface area contributed by atoms with Gasteiger partial charge in [0.2, 0.25) is 0 Å². The third-order valence-electron chi connectivity index (χ3n) is 6.54. The molecule has 4 aliphatic rings. The highest BCUT2D eigenvalue weighted by molar-refractivity contribution is 5.09. The number of hydrogen-bond donors (Lipinski definition) is 0. The van der Waals surface area contributed by atoms with Crippen molar-refractivity contribution in [2.45, 2.75) is 70.8 Å². The monoisotopic (exact) mass is 236 g/mol. The van der Waals surface area contributed by atoms with Crippen LogP contribution in [0.15, 0.2) is 0 Å². The zero-order valence-electron chi connectivity index (χ0n) is 11.8. The Morgan fingerprint density at radius 2 is 1.35 bits per heavy atom. The van der Waals surface area contributed by atoms with Gasteiger partial charge in [-0.3, -0.25) is 0 Å². The number of ether oxygens (including phenoxy) is 1. The van der Waals surface area contributed by atoms with E-state index >= 15 is 0 Å². The van der Waals surface area contributed by atoms with Crippen molar-refractivity contribution >= 4 is 0 Å². The van der Waals surface area contributed by atoms with Crippen LogP contribution in [0.5, 0.6) is 0 Å². The zero-order valence-corrected chi connectivity index (χ0v) is 11.8. The molecule has 0 aliphatic heterocycles. The first-order valence-corrected chi connectivity index (χ1v) is 7.72. The highest BCUT2D eigenvalue weighted by atomic mass is 16.5. The van der Waals surface area contributed by atoms with Gasteiger partial charge in [-0.1, -0.05) is 13.8 Å². The van der Waals surface area contributed by atoms with Crippen molar-refractivity contribution in [3.63, 3.8) is 0 Å². The van der Waals surface area contributed by atoms with E-state index < -0.39 is 0 Å². The average molecular weight is 236 g/mol. The van der Waals surface area contributed by atoms with Gasteiger partial charge >= 0.3 is 0 Å². The van der Waals surface area contributed by atoms with E-state index in [-0.39, 0.29) is 5.60 Å². The first-order valence-electron chi connectivity index (χ1n) is 7.72. The number of methoxy groups -OCH3 is 1. The molecular formula is C16H28O. The summed E-state index contributed by atoms with van der Waals surface area (Å²) >= 11 is 0. The predicted octanol–water partition coefficient (Wildman–Crippen LogP) is 4.41. The molecule has 4 aliphatic carbocycles. The molecule has 4 fully saturated rings. The minimum Gasteiger partial charge on any atom is -0.378 e. The van der Waals surface area contributed by atoms with Crippen LogP contribution >= 0.6 is 0 Å². The molecule has 4 bridgehead atoms. The smallest absolute Gasteiger partial charge is 0.0729 e. The van der Waals surface area contributed by atoms with Crippen molar-refractivity contribution in [3.05, 3.63) is 0 Å². The van der Waals surface area contributed by atoms with E-state index in [4.69, 9.17) is 4.74 Å². The Hall–Kier alpha value is -0.0400. The molecule has 1 nitrogen and oxygen atoms in total. The Kier molecular flexibility index (Phi) is 2.81. The summed E-state index contributed by atoms with van der Waals surface area (Å²) in [5, 5.41) is 0. The fourth-order valence-electron chi connectivity index (χ4n) is 6.17. The van der Waals surface area contributed by atoms with E-state index in [1.54, 1.807) is 0 Å². The summed E-state index contributed by atoms with van der Waals surface area (Å²) in [6.07, 6.45) is 11.4. The van der Waals surface area contributed by atoms with E-state index in [1.165, 1.54) is 51.4 Å². The molecule has 17 heavy (non-hydrogen) atoms. The van der Waals surface area contributed by atoms with E-state index in [1.807, 2.05) is 7.11 Å². The van der Waals surface area contributed by atoms with Crippen molar-refractivity contribution in [1.29, 1.82) is 0 Å². The molecule has 0 aromatic carbocycles. The largest absolute Gasteiger partial charge is 0.378 e. The Balaban J connectivity index is 1.95. The van der Waals surface area contributed by atoms with Gasteiger partial charge in [0.1, 0.15) is 0 Å². The van der Waals surface area contributed by atoms with E-state index in [0.29, 0.717) is 5.41 Å². The van der Waals surface area contributed by atoms with Crippen molar-refractivity contribution in [2.24, 2.45) is 23.2 Å². The van der Waals surface area contributed by atoms with Crippen LogP contribution in [0.1, 0.15) is 65.2 Å². The van der Waals surface area contributed by atoms with Gasteiger partial charge in [0, 0.05) is 12.5 Å². The molecule has 1 heteroatoms. The van der Waals surface area contributed by atoms with Crippen LogP contribution in [-0.2, 0) is 4.74 Å². The maximum absolute atomic E-state index is 6.12. The van der Waals surface area contributed by atoms with Gasteiger partial charge in [-0.2, -0.15) is 0 Å². The molecule has 0 N–H and O–H groups in total. The summed E-state index contributed by atoms with van der Waals surface area (Å²) < 4.78 is 6.12. The second-order valence-electron chi connectivity index (χ2n) is 7.10. The summed E-state index contributed by atoms with van der Waals surface area (Å²) in [7, 11) is 1.96. The number of rotatable bonds is 4. The van der Waals surface area contributed by atoms with Crippen LogP contribution in [0, 0.1) is 23.2 Å². The lowest BCUT2D eigenvalue weighted by Gasteiger charge is -2.63. The molecule has 0 unspecified atom stereocenters. The summed E-state index contributed by atoms with van der Waals surface area (Å²) in [5.74, 6) is 3.11. The third-order valence-corrected chi connectivity index (χ3v) is 6.54. The lowest BCUT2D eigenvalue weighted by atomic mass is 9.44. The molecule has 0 heterocycles. The standard InChI is InChI=1S/C16H28O/c1-4-16(5-2,17-3)15-9-12-6-13(10-15)8-14(7-12)11-15/h12-14H,4-11H2,1-3H3. The molecule has 4 rings (SSSR count). The maximum Gasteiger partial charge on any atom is 0.0729 e. The van der Waals surface area contributed by atoms with E-state index in [9.17, 15) is 0 Å². The predicted molar refractivity (Wildman–Crippen MR) is 70.9 cm³/mol. The molecule has 4 saturated carbocycles. The van der Waals surface area contributed by atoms with Gasteiger partial charge < -0.3 is 4.74 Å². The summed E-state index contributed by atoms with van der Waals surface area (Å²) in [6.45, 7) is 4.68. The van der Waals surface area contributed by atoms with Crippen molar-refractivity contribution in [3.8, 4) is 0 Å². The molecular weight excluding hydrogens is 208 g/mol. The van der Waals surface area contributed by atoms with Crippen molar-refractivity contribution in [2.75, 3.05) is 7.11 Å². The first-order chi connectivity index (χ1) is 8.17. The molecule has 0 amide bonds. The van der Waals surface area contributed by atoms with E-state index in [0.717, 1.165) is 17.8 Å². The molecule has 0 saturated heterocycles. The van der Waals surface area contributed by atoms with E-state index in [2.05, 4.69) is 13.8 Å². The lowest BCUT2D eigenvalue weighted by Crippen LogP contribution is -2.58. The minimum atomic E-state index is 0.184. The Bertz CT molecular complexity index is 246. The van der Waals surface area contributed by atoms with Crippen molar-refractivity contribution < 1.29 is 4.74 Å². The normalized spacial score (nSPS) is 44.3. The van der Waals surface area contributed by atoms with Crippen LogP contribution < -0.4 is 0 Å². The lowest BCUT2D eigenvalue weighted by molar-refractivity contribution is -0.196. The van der Waals surface area contributed by atoms with Gasteiger partial charge in [-0.15, -0.1) is 0 Å². The second-order valence-corrected chi connectivity index (χ2v) is 7.10. The number of hydrogen-bond acceptors (Lipinski definition) is 1. The van der Waals surface area contributed by atoms with Gasteiger partial charge in [0.15, 0.2) is 0 Å². The topological polar surface area (TPSA) is 9.23 Å². The molecule has 0 radical (unpaired) electrons. The van der Waals surface area contributed by atoms with Gasteiger partial charge in [-0.05, 0) is 69.1 Å². The highest BCUT2D eigenvalue weighted by Crippen LogP contribution is 2.65. The van der Waals surface area contributed by atoms with Crippen molar-refractivity contribution in [1.82, 2.24) is 0 Å². The highest BCUT2D eigenvalue weighted by Gasteiger charge is 2.59. The third kappa shape index (κ3) is 1.54. The fraction of sp³-hybridized carbons (Fsp3) is 1.00. The van der Waals surface area contributed by atoms with Gasteiger partial charge in [0.25, 0.3) is 0 Å².